The van der Waals surface area contributed by atoms with E-state index in [9.17, 15) is 0 Å². The number of para-hydroxylation sites is 4. The molecule has 9 aromatic carbocycles. The molecule has 272 valence electrons. The van der Waals surface area contributed by atoms with Crippen molar-refractivity contribution < 1.29 is 4.74 Å². The van der Waals surface area contributed by atoms with E-state index >= 15 is 0 Å². The fraction of sp³-hybridized carbons (Fsp3) is 0.0182. The van der Waals surface area contributed by atoms with Crippen LogP contribution in [0.1, 0.15) is 22.3 Å². The molecule has 12 rings (SSSR count). The summed E-state index contributed by atoms with van der Waals surface area (Å²) in [5.74, 6) is 1.74. The number of fused-ring (bicyclic) bond motifs is 8. The molecule has 58 heavy (non-hydrogen) atoms. The summed E-state index contributed by atoms with van der Waals surface area (Å²) >= 11 is 0. The summed E-state index contributed by atoms with van der Waals surface area (Å²) < 4.78 is 9.18. The van der Waals surface area contributed by atoms with Gasteiger partial charge in [-0.15, -0.1) is 0 Å². The van der Waals surface area contributed by atoms with Crippen LogP contribution in [0.25, 0.3) is 49.7 Å². The molecule has 0 unspecified atom stereocenters. The van der Waals surface area contributed by atoms with Crippen LogP contribution < -0.4 is 9.64 Å². The molecular weight excluding hydrogens is 705 g/mol. The normalized spacial score (nSPS) is 13.1. The van der Waals surface area contributed by atoms with Gasteiger partial charge < -0.3 is 14.2 Å². The molecule has 1 aromatic heterocycles. The maximum absolute atomic E-state index is 6.81. The third-order valence-corrected chi connectivity index (χ3v) is 12.3. The summed E-state index contributed by atoms with van der Waals surface area (Å²) in [5, 5.41) is 2.41. The van der Waals surface area contributed by atoms with E-state index in [4.69, 9.17) is 4.74 Å². The average Bonchev–Trinajstić information content (AvgIpc) is 3.79. The molecule has 10 aromatic rings. The predicted octanol–water partition coefficient (Wildman–Crippen LogP) is 14.4. The number of rotatable bonds is 6. The van der Waals surface area contributed by atoms with Gasteiger partial charge in [-0.25, -0.2) is 0 Å². The highest BCUT2D eigenvalue weighted by Gasteiger charge is 2.46. The zero-order valence-electron chi connectivity index (χ0n) is 31.6. The van der Waals surface area contributed by atoms with Crippen LogP contribution >= 0.6 is 0 Å². The highest BCUT2D eigenvalue weighted by molar-refractivity contribution is 6.14. The van der Waals surface area contributed by atoms with Crippen molar-refractivity contribution in [2.45, 2.75) is 5.41 Å². The predicted molar refractivity (Wildman–Crippen MR) is 238 cm³/mol. The number of benzene rings is 9. The quantitative estimate of drug-likeness (QED) is 0.169. The fourth-order valence-corrected chi connectivity index (χ4v) is 9.83. The first-order valence-electron chi connectivity index (χ1n) is 19.9. The van der Waals surface area contributed by atoms with Gasteiger partial charge in [0.1, 0.15) is 0 Å². The second kappa shape index (κ2) is 12.7. The number of nitrogens with zero attached hydrogens (tertiary/aromatic N) is 2. The number of hydrogen-bond donors (Lipinski definition) is 0. The van der Waals surface area contributed by atoms with Crippen molar-refractivity contribution in [3.63, 3.8) is 0 Å². The minimum absolute atomic E-state index is 0.488. The lowest BCUT2D eigenvalue weighted by Gasteiger charge is -2.35. The molecule has 2 aliphatic rings. The van der Waals surface area contributed by atoms with Crippen LogP contribution in [0.5, 0.6) is 11.5 Å². The Balaban J connectivity index is 1.03. The first-order chi connectivity index (χ1) is 28.8. The third kappa shape index (κ3) is 4.62. The number of hydrogen-bond acceptors (Lipinski definition) is 2. The standard InChI is InChI=1S/C55H36N2O/c1-4-16-38(17-5-1)55(39-18-6-2-7-19-39)48-24-12-10-22-44(48)45-33-32-42(36-49(45)55)56(40-20-8-3-9-21-40)41-30-28-37(29-31-41)43-34-35-47-46-23-11-13-25-50(46)57-51-26-14-15-27-52(51)58-54(43)53(47)57/h1-36H. The first-order valence-corrected chi connectivity index (χ1v) is 19.9. The number of anilines is 3. The van der Waals surface area contributed by atoms with Crippen molar-refractivity contribution in [2.75, 3.05) is 4.90 Å². The van der Waals surface area contributed by atoms with Gasteiger partial charge in [-0.3, -0.25) is 0 Å². The molecule has 0 spiro atoms. The fourth-order valence-electron chi connectivity index (χ4n) is 9.83. The third-order valence-electron chi connectivity index (χ3n) is 12.3. The van der Waals surface area contributed by atoms with Crippen molar-refractivity contribution >= 4 is 38.9 Å². The molecule has 2 heterocycles. The monoisotopic (exact) mass is 740 g/mol. The van der Waals surface area contributed by atoms with E-state index in [1.165, 1.54) is 49.7 Å². The van der Waals surface area contributed by atoms with Gasteiger partial charge in [0.05, 0.1) is 22.1 Å². The first kappa shape index (κ1) is 32.6. The molecular formula is C55H36N2O. The zero-order valence-corrected chi connectivity index (χ0v) is 31.6. The van der Waals surface area contributed by atoms with Gasteiger partial charge in [0.2, 0.25) is 0 Å². The van der Waals surface area contributed by atoms with E-state index in [0.717, 1.165) is 50.9 Å². The molecule has 3 nitrogen and oxygen atoms in total. The summed E-state index contributed by atoms with van der Waals surface area (Å²) in [6.45, 7) is 0. The molecule has 0 radical (unpaired) electrons. The molecule has 0 atom stereocenters. The molecule has 3 heteroatoms. The zero-order chi connectivity index (χ0) is 38.2. The Morgan fingerprint density at radius 3 is 1.78 bits per heavy atom. The van der Waals surface area contributed by atoms with Crippen LogP contribution in [-0.4, -0.2) is 4.57 Å². The topological polar surface area (TPSA) is 17.4 Å². The Morgan fingerprint density at radius 2 is 1.00 bits per heavy atom. The lowest BCUT2D eigenvalue weighted by Crippen LogP contribution is -2.28. The Bertz CT molecular complexity index is 3150. The molecule has 0 bridgehead atoms. The van der Waals surface area contributed by atoms with Crippen LogP contribution in [0.2, 0.25) is 0 Å². The van der Waals surface area contributed by atoms with Gasteiger partial charge in [-0.05, 0) is 99.6 Å². The second-order valence-corrected chi connectivity index (χ2v) is 15.2. The largest absolute Gasteiger partial charge is 0.452 e. The molecule has 0 saturated carbocycles. The van der Waals surface area contributed by atoms with Crippen molar-refractivity contribution in [3.8, 4) is 39.4 Å². The Labute approximate surface area is 337 Å². The molecule has 1 aliphatic heterocycles. The Hall–Kier alpha value is -7.62. The van der Waals surface area contributed by atoms with E-state index < -0.39 is 5.41 Å². The summed E-state index contributed by atoms with van der Waals surface area (Å²) in [6, 6.07) is 79.1. The van der Waals surface area contributed by atoms with Gasteiger partial charge in [0, 0.05) is 33.4 Å². The van der Waals surface area contributed by atoms with E-state index in [1.807, 2.05) is 6.07 Å². The highest BCUT2D eigenvalue weighted by Crippen LogP contribution is 2.57. The van der Waals surface area contributed by atoms with E-state index in [-0.39, 0.29) is 0 Å². The van der Waals surface area contributed by atoms with Gasteiger partial charge >= 0.3 is 0 Å². The SMILES string of the molecule is c1ccc(N(c2ccc(-c3ccc4c5ccccc5n5c4c3Oc3ccccc3-5)cc2)c2ccc3c(c2)C(c2ccccc2)(c2ccccc2)c2ccccc2-3)cc1. The van der Waals surface area contributed by atoms with Crippen molar-refractivity contribution in [1.29, 1.82) is 0 Å². The maximum Gasteiger partial charge on any atom is 0.160 e. The summed E-state index contributed by atoms with van der Waals surface area (Å²) in [5.41, 5.74) is 15.9. The number of ether oxygens (including phenoxy) is 1. The van der Waals surface area contributed by atoms with Crippen molar-refractivity contribution in [1.82, 2.24) is 4.57 Å². The molecule has 1 aliphatic carbocycles. The van der Waals surface area contributed by atoms with Crippen LogP contribution in [0, 0.1) is 0 Å². The van der Waals surface area contributed by atoms with Crippen molar-refractivity contribution in [2.24, 2.45) is 0 Å². The van der Waals surface area contributed by atoms with Crippen LogP contribution in [0.3, 0.4) is 0 Å². The number of aromatic nitrogens is 1. The van der Waals surface area contributed by atoms with Gasteiger partial charge in [0.15, 0.2) is 11.5 Å². The summed E-state index contributed by atoms with van der Waals surface area (Å²) in [7, 11) is 0. The van der Waals surface area contributed by atoms with Crippen LogP contribution in [-0.2, 0) is 5.41 Å². The minimum Gasteiger partial charge on any atom is -0.452 e. The second-order valence-electron chi connectivity index (χ2n) is 15.2. The molecule has 0 saturated heterocycles. The molecule has 0 N–H and O–H groups in total. The van der Waals surface area contributed by atoms with E-state index in [1.54, 1.807) is 0 Å². The summed E-state index contributed by atoms with van der Waals surface area (Å²) in [4.78, 5) is 2.38. The average molecular weight is 741 g/mol. The lowest BCUT2D eigenvalue weighted by atomic mass is 9.67. The van der Waals surface area contributed by atoms with Gasteiger partial charge in [0.25, 0.3) is 0 Å². The smallest absolute Gasteiger partial charge is 0.160 e. The molecule has 0 amide bonds. The lowest BCUT2D eigenvalue weighted by molar-refractivity contribution is 0.478. The van der Waals surface area contributed by atoms with Crippen molar-refractivity contribution in [3.05, 3.63) is 241 Å². The molecule has 0 fully saturated rings. The Kier molecular flexibility index (Phi) is 7.14. The van der Waals surface area contributed by atoms with Crippen LogP contribution in [0.15, 0.2) is 218 Å². The Morgan fingerprint density at radius 1 is 0.414 bits per heavy atom. The highest BCUT2D eigenvalue weighted by atomic mass is 16.5. The van der Waals surface area contributed by atoms with Crippen LogP contribution in [0.4, 0.5) is 17.1 Å². The minimum atomic E-state index is -0.488. The van der Waals surface area contributed by atoms with Gasteiger partial charge in [-0.1, -0.05) is 158 Å². The summed E-state index contributed by atoms with van der Waals surface area (Å²) in [6.07, 6.45) is 0. The van der Waals surface area contributed by atoms with E-state index in [0.29, 0.717) is 0 Å². The van der Waals surface area contributed by atoms with Gasteiger partial charge in [-0.2, -0.15) is 0 Å². The maximum atomic E-state index is 6.81. The van der Waals surface area contributed by atoms with E-state index in [2.05, 4.69) is 222 Å².